The van der Waals surface area contributed by atoms with Gasteiger partial charge in [-0.05, 0) is 124 Å². The summed E-state index contributed by atoms with van der Waals surface area (Å²) in [5, 5.41) is 82.9. The number of fused-ring (bicyclic) bond motifs is 1. The number of hydrogen-bond acceptors (Lipinski definition) is 26. The van der Waals surface area contributed by atoms with Crippen LogP contribution in [0.3, 0.4) is 0 Å². The van der Waals surface area contributed by atoms with Crippen molar-refractivity contribution in [3.05, 3.63) is 251 Å². The first kappa shape index (κ1) is 118. The lowest BCUT2D eigenvalue weighted by Gasteiger charge is -2.29. The monoisotopic (exact) mass is 2080 g/mol. The Balaban J connectivity index is 0.976. The van der Waals surface area contributed by atoms with E-state index in [1.165, 1.54) is 6.92 Å². The number of aliphatic carboxylic acids is 1. The van der Waals surface area contributed by atoms with E-state index in [1.54, 1.807) is 194 Å². The number of para-hydroxylation sites is 1. The number of H-pyrrole nitrogens is 1. The van der Waals surface area contributed by atoms with Crippen molar-refractivity contribution in [1.82, 2.24) is 90.1 Å². The zero-order chi connectivity index (χ0) is 108. The fourth-order valence-corrected chi connectivity index (χ4v) is 16.2. The summed E-state index contributed by atoms with van der Waals surface area (Å²) in [5.41, 5.74) is 28.4. The predicted molar refractivity (Wildman–Crippen MR) is 554 cm³/mol. The Morgan fingerprint density at radius 1 is 0.324 bits per heavy atom. The fourth-order valence-electron chi connectivity index (χ4n) is 15.7. The third-order valence-corrected chi connectivity index (χ3v) is 24.6. The lowest BCUT2D eigenvalue weighted by Crippen LogP contribution is -2.63. The number of carboxylic acids is 1. The molecule has 29 N–H and O–H groups in total. The topological polar surface area (TPSA) is 701 Å². The molecule has 8 rings (SSSR count). The largest absolute Gasteiger partial charge is 0.480 e. The summed E-state index contributed by atoms with van der Waals surface area (Å²) in [6.45, 7) is 1.92. The van der Waals surface area contributed by atoms with Crippen LogP contribution in [0.25, 0.3) is 10.9 Å². The highest BCUT2D eigenvalue weighted by atomic mass is 32.1. The number of carbonyl (C=O) groups excluding carboxylic acids is 17. The van der Waals surface area contributed by atoms with Crippen LogP contribution in [0.4, 0.5) is 0 Å². The quantitative estimate of drug-likeness (QED) is 0.0131. The first-order valence-corrected chi connectivity index (χ1v) is 49.6. The number of aliphatic hydroxyl groups is 3. The highest BCUT2D eigenvalue weighted by Gasteiger charge is 2.41. The van der Waals surface area contributed by atoms with Crippen LogP contribution in [0.1, 0.15) is 105 Å². The molecular weight excluding hydrogens is 1950 g/mol. The SMILES string of the molecule is C[C@H](NC(=O)[C@H](Cc1ccccc1)NC(=O)[C@H](Cc1ccccc1)NC(=O)[C@@H](N)Cc1ccccc1)C(=O)NCC(=O)N[C@@H](CS)C(=O)N[C@@H](CCCCN)C(=O)N[C@@H](CC(N)=O)C(=O)N[C@@H](Cc1ccccc1)C(=O)N[C@@H](Cc1ccccc1)C(=O)N[C@@H](Cc1c[nH]c2ccccc12)C(=O)N[C@@H](CCCCN)C(=O)N[C@H](C(=O)N[C@@H](Cc1ccccc1)C(=O)N[C@H](C(=O)N[C@@H](CO)C(=O)N[C@@H](CS)C(=O)O)[C@@H](C)O)[C@@H](C)O. The van der Waals surface area contributed by atoms with Crippen molar-refractivity contribution in [1.29, 1.82) is 0 Å². The van der Waals surface area contributed by atoms with E-state index in [2.05, 4.69) is 115 Å². The number of carboxylic acid groups (broad SMARTS) is 1. The van der Waals surface area contributed by atoms with Gasteiger partial charge in [0.25, 0.3) is 0 Å². The average Bonchev–Trinajstić information content (AvgIpc) is 1.65. The van der Waals surface area contributed by atoms with Crippen molar-refractivity contribution < 1.29 is 107 Å². The van der Waals surface area contributed by atoms with E-state index in [-0.39, 0.29) is 95.9 Å². The Morgan fingerprint density at radius 2 is 0.622 bits per heavy atom. The number of thiol groups is 2. The van der Waals surface area contributed by atoms with Gasteiger partial charge in [0.2, 0.25) is 100 Å². The third-order valence-electron chi connectivity index (χ3n) is 23.9. The van der Waals surface area contributed by atoms with Gasteiger partial charge in [-0.2, -0.15) is 25.3 Å². The molecule has 0 radical (unpaired) electrons. The normalized spacial score (nSPS) is 14.8. The van der Waals surface area contributed by atoms with E-state index in [1.807, 2.05) is 18.2 Å². The Hall–Kier alpha value is -15.0. The lowest BCUT2D eigenvalue weighted by atomic mass is 10.00. The second kappa shape index (κ2) is 61.4. The summed E-state index contributed by atoms with van der Waals surface area (Å²) < 4.78 is 0. The van der Waals surface area contributed by atoms with Crippen LogP contribution in [-0.2, 0) is 131 Å². The fraction of sp³-hybridized carbons (Fsp3) is 0.398. The molecule has 148 heavy (non-hydrogen) atoms. The van der Waals surface area contributed by atoms with Crippen LogP contribution in [0.2, 0.25) is 0 Å². The molecule has 0 spiro atoms. The molecule has 43 nitrogen and oxygen atoms in total. The Kier molecular flexibility index (Phi) is 49.1. The number of nitrogens with one attached hydrogen (secondary N) is 17. The van der Waals surface area contributed by atoms with Gasteiger partial charge in [0.05, 0.1) is 37.8 Å². The molecule has 8 aromatic rings. The Labute approximate surface area is 866 Å². The summed E-state index contributed by atoms with van der Waals surface area (Å²) in [6, 6.07) is 32.5. The highest BCUT2D eigenvalue weighted by Crippen LogP contribution is 2.22. The minimum Gasteiger partial charge on any atom is -0.480 e. The number of carbonyl (C=O) groups is 18. The van der Waals surface area contributed by atoms with Gasteiger partial charge in [-0.3, -0.25) is 81.5 Å². The molecule has 18 atom stereocenters. The summed E-state index contributed by atoms with van der Waals surface area (Å²) >= 11 is 8.21. The van der Waals surface area contributed by atoms with Crippen molar-refractivity contribution in [3.63, 3.8) is 0 Å². The average molecular weight is 2080 g/mol. The molecule has 7 aromatic carbocycles. The molecule has 1 aromatic heterocycles. The number of unbranched alkanes of at least 4 members (excludes halogenated alkanes) is 2. The first-order chi connectivity index (χ1) is 70.9. The Morgan fingerprint density at radius 3 is 0.993 bits per heavy atom. The van der Waals surface area contributed by atoms with Gasteiger partial charge in [0.1, 0.15) is 90.6 Å². The maximum Gasteiger partial charge on any atom is 0.327 e. The molecule has 17 amide bonds. The van der Waals surface area contributed by atoms with Crippen molar-refractivity contribution in [2.75, 3.05) is 37.7 Å². The van der Waals surface area contributed by atoms with E-state index in [4.69, 9.17) is 22.9 Å². The van der Waals surface area contributed by atoms with E-state index in [0.29, 0.717) is 50.7 Å². The minimum atomic E-state index is -1.94. The van der Waals surface area contributed by atoms with Gasteiger partial charge in [-0.25, -0.2) is 4.79 Å². The number of benzene rings is 7. The summed E-state index contributed by atoms with van der Waals surface area (Å²) in [6.07, 6.45) is -3.44. The molecule has 0 unspecified atom stereocenters. The van der Waals surface area contributed by atoms with Gasteiger partial charge in [-0.1, -0.05) is 200 Å². The molecule has 0 aliphatic carbocycles. The van der Waals surface area contributed by atoms with Crippen LogP contribution >= 0.6 is 25.3 Å². The van der Waals surface area contributed by atoms with Crippen molar-refractivity contribution >= 4 is 143 Å². The van der Waals surface area contributed by atoms with Gasteiger partial charge >= 0.3 is 5.97 Å². The number of nitrogens with two attached hydrogens (primary N) is 4. The second-order valence-corrected chi connectivity index (χ2v) is 36.4. The van der Waals surface area contributed by atoms with E-state index in [0.717, 1.165) is 19.4 Å². The molecule has 45 heteroatoms. The van der Waals surface area contributed by atoms with Crippen LogP contribution in [0.15, 0.2) is 212 Å². The van der Waals surface area contributed by atoms with Crippen molar-refractivity contribution in [2.45, 2.75) is 220 Å². The molecular formula is C103H133N21O22S2. The number of hydrogen-bond donors (Lipinski definition) is 27. The third kappa shape index (κ3) is 39.1. The summed E-state index contributed by atoms with van der Waals surface area (Å²) in [4.78, 5) is 259. The number of aromatic nitrogens is 1. The molecule has 0 saturated heterocycles. The summed E-state index contributed by atoms with van der Waals surface area (Å²) in [7, 11) is 0. The van der Waals surface area contributed by atoms with Gasteiger partial charge in [-0.15, -0.1) is 0 Å². The zero-order valence-corrected chi connectivity index (χ0v) is 83.9. The molecule has 0 saturated carbocycles. The first-order valence-electron chi connectivity index (χ1n) is 48.4. The molecule has 1 heterocycles. The second-order valence-electron chi connectivity index (χ2n) is 35.6. The summed E-state index contributed by atoms with van der Waals surface area (Å²) in [5.74, 6) is -19.5. The van der Waals surface area contributed by atoms with Crippen LogP contribution in [0.5, 0.6) is 0 Å². The number of amides is 17. The van der Waals surface area contributed by atoms with Gasteiger partial charge in [0, 0.05) is 67.1 Å². The number of aliphatic hydroxyl groups excluding tert-OH is 3. The zero-order valence-electron chi connectivity index (χ0n) is 82.1. The molecule has 0 aliphatic rings. The minimum absolute atomic E-state index is 0.00643. The van der Waals surface area contributed by atoms with E-state index < -0.39 is 241 Å². The number of primary amides is 1. The van der Waals surface area contributed by atoms with Gasteiger partial charge < -0.3 is 133 Å². The standard InChI is InChI=1S/C103H133N21O22S2/c1-59(110-92(134)74(47-63-30-12-5-13-31-63)115-93(135)75(48-64-32-14-6-15-33-64)114-89(131)70(106)46-62-28-10-4-11-29-62)88(130)109-55-85(129)111-82(57-147)100(142)113-72(42-24-26-44-104)90(132)119-80(53-84(107)128)97(139)117-76(49-65-34-16-7-17-35-65)94(136)116-77(50-66-36-18-8-19-37-66)95(137)118-79(52-68-54-108-71-41-23-22-40-69(68)71)96(138)112-73(43-25-27-45-105)91(133)123-86(60(2)126)101(143)120-78(51-67-38-20-9-21-39-67)98(140)124-87(61(3)127)102(144)121-81(56-125)99(141)122-83(58-148)103(145)146/h4-23,28-41,54,59-61,70,72-83,86-87,108,125-127,147-148H,24-27,42-53,55-58,104-106H2,1-3H3,(H2,107,128)(H,109,130)(H,110,134)(H,111,129)(H,112,138)(H,113,142)(H,114,131)(H,115,135)(H,116,136)(H,117,139)(H,118,137)(H,119,132)(H,120,143)(H,121,144)(H,122,141)(H,123,133)(H,124,140)(H,145,146)/t59-,60+,61+,70-,72-,73-,74-,75-,76-,77-,78-,79-,80-,81-,82-,83-,86-,87-/m0/s1. The van der Waals surface area contributed by atoms with E-state index in [9.17, 15) is 92.3 Å². The van der Waals surface area contributed by atoms with E-state index >= 15 is 14.4 Å². The predicted octanol–water partition coefficient (Wildman–Crippen LogP) is -3.27. The van der Waals surface area contributed by atoms with Gasteiger partial charge in [0.15, 0.2) is 0 Å². The molecule has 0 bridgehead atoms. The maximum atomic E-state index is 15.6. The van der Waals surface area contributed by atoms with Crippen LogP contribution < -0.4 is 108 Å². The Bertz CT molecular complexity index is 5750. The number of rotatable bonds is 62. The molecule has 0 fully saturated rings. The van der Waals surface area contributed by atoms with Crippen LogP contribution in [-0.4, -0.2) is 278 Å². The lowest BCUT2D eigenvalue weighted by molar-refractivity contribution is -0.142. The van der Waals surface area contributed by atoms with Crippen molar-refractivity contribution in [2.24, 2.45) is 22.9 Å². The number of aromatic amines is 1. The highest BCUT2D eigenvalue weighted by molar-refractivity contribution is 7.80. The van der Waals surface area contributed by atoms with Crippen LogP contribution in [0, 0.1) is 0 Å². The maximum absolute atomic E-state index is 15.6. The smallest absolute Gasteiger partial charge is 0.327 e. The molecule has 794 valence electrons. The molecule has 0 aliphatic heterocycles. The van der Waals surface area contributed by atoms with Crippen molar-refractivity contribution in [3.8, 4) is 0 Å².